The summed E-state index contributed by atoms with van der Waals surface area (Å²) < 4.78 is 32.6. The molecule has 152 valence electrons. The number of nitrogens with zero attached hydrogens (tertiary/aromatic N) is 1. The van der Waals surface area contributed by atoms with Gasteiger partial charge in [0.05, 0.1) is 10.9 Å². The van der Waals surface area contributed by atoms with Crippen LogP contribution in [0.15, 0.2) is 0 Å². The van der Waals surface area contributed by atoms with Crippen molar-refractivity contribution in [1.82, 2.24) is 9.62 Å². The zero-order valence-corrected chi connectivity index (χ0v) is 17.6. The first kappa shape index (κ1) is 21.4. The lowest BCUT2D eigenvalue weighted by Gasteiger charge is -2.43. The molecule has 0 aromatic rings. The molecule has 1 heterocycles. The van der Waals surface area contributed by atoms with Crippen molar-refractivity contribution in [2.75, 3.05) is 13.1 Å². The number of nitrogens with one attached hydrogen (secondary N) is 1. The molecule has 2 fully saturated rings. The zero-order chi connectivity index (χ0) is 20.0. The number of aliphatic hydroxyl groups is 1. The van der Waals surface area contributed by atoms with Crippen LogP contribution in [0.2, 0.25) is 0 Å². The van der Waals surface area contributed by atoms with Gasteiger partial charge in [0.15, 0.2) is 0 Å². The summed E-state index contributed by atoms with van der Waals surface area (Å²) in [6.07, 6.45) is 1.43. The van der Waals surface area contributed by atoms with E-state index >= 15 is 0 Å². The number of hydrogen-bond donors (Lipinski definition) is 2. The Morgan fingerprint density at radius 2 is 1.69 bits per heavy atom. The predicted octanol–water partition coefficient (Wildman–Crippen LogP) is 2.24. The molecule has 2 atom stereocenters. The molecule has 8 heteroatoms. The molecular formula is C18H34N2O5S. The van der Waals surface area contributed by atoms with Gasteiger partial charge >= 0.3 is 6.09 Å². The summed E-state index contributed by atoms with van der Waals surface area (Å²) in [6.45, 7) is 11.5. The molecule has 1 spiro atoms. The van der Waals surface area contributed by atoms with Crippen molar-refractivity contribution < 1.29 is 23.1 Å². The lowest BCUT2D eigenvalue weighted by Crippen LogP contribution is -2.54. The van der Waals surface area contributed by atoms with Gasteiger partial charge in [-0.05, 0) is 72.6 Å². The number of likely N-dealkylation sites (tertiary alicyclic amines) is 1. The average molecular weight is 391 g/mol. The number of sulfonamides is 1. The number of hydrogen-bond acceptors (Lipinski definition) is 5. The molecule has 2 aliphatic rings. The van der Waals surface area contributed by atoms with Crippen LogP contribution >= 0.6 is 0 Å². The third kappa shape index (κ3) is 4.70. The Hall–Kier alpha value is -0.860. The molecule has 0 bridgehead atoms. The first-order chi connectivity index (χ1) is 11.7. The second-order valence-corrected chi connectivity index (χ2v) is 12.2. The number of carbonyl (C=O) groups excluding carboxylic acids is 1. The van der Waals surface area contributed by atoms with E-state index in [-0.39, 0.29) is 17.6 Å². The molecule has 2 N–H and O–H groups in total. The second kappa shape index (κ2) is 6.95. The molecule has 26 heavy (non-hydrogen) atoms. The Bertz CT molecular complexity index is 625. The van der Waals surface area contributed by atoms with Gasteiger partial charge in [0.25, 0.3) is 0 Å². The maximum atomic E-state index is 12.6. The first-order valence-electron chi connectivity index (χ1n) is 9.33. The summed E-state index contributed by atoms with van der Waals surface area (Å²) in [4.78, 5) is 13.9. The number of amides is 1. The summed E-state index contributed by atoms with van der Waals surface area (Å²) in [5, 5.41) is 10.2. The van der Waals surface area contributed by atoms with E-state index < -0.39 is 26.5 Å². The minimum atomic E-state index is -3.50. The maximum absolute atomic E-state index is 12.6. The Kier molecular flexibility index (Phi) is 5.73. The van der Waals surface area contributed by atoms with Crippen molar-refractivity contribution in [3.63, 3.8) is 0 Å². The van der Waals surface area contributed by atoms with Gasteiger partial charge in [-0.2, -0.15) is 0 Å². The van der Waals surface area contributed by atoms with Crippen molar-refractivity contribution >= 4 is 16.1 Å². The van der Waals surface area contributed by atoms with Gasteiger partial charge in [0.1, 0.15) is 5.60 Å². The number of ether oxygens (including phenoxy) is 1. The minimum absolute atomic E-state index is 0.303. The Morgan fingerprint density at radius 1 is 1.15 bits per heavy atom. The van der Waals surface area contributed by atoms with Crippen LogP contribution in [-0.2, 0) is 14.8 Å². The third-order valence-electron chi connectivity index (χ3n) is 5.40. The van der Waals surface area contributed by atoms with Crippen LogP contribution in [0.5, 0.6) is 0 Å². The number of carbonyl (C=O) groups is 1. The zero-order valence-electron chi connectivity index (χ0n) is 16.8. The SMILES string of the molecule is CC(C)(C)OC(=O)N1CCC2(CC1)C[C@H](O)C[C@H]2NS(=O)(=O)C(C)(C)C. The lowest BCUT2D eigenvalue weighted by molar-refractivity contribution is 0.00685. The maximum Gasteiger partial charge on any atom is 0.410 e. The summed E-state index contributed by atoms with van der Waals surface area (Å²) >= 11 is 0. The number of rotatable bonds is 2. The molecule has 1 saturated heterocycles. The van der Waals surface area contributed by atoms with Gasteiger partial charge < -0.3 is 14.7 Å². The summed E-state index contributed by atoms with van der Waals surface area (Å²) in [6, 6.07) is -0.303. The van der Waals surface area contributed by atoms with Gasteiger partial charge in [-0.25, -0.2) is 17.9 Å². The van der Waals surface area contributed by atoms with Crippen LogP contribution in [0.3, 0.4) is 0 Å². The molecule has 0 aromatic heterocycles. The van der Waals surface area contributed by atoms with E-state index in [1.165, 1.54) is 0 Å². The van der Waals surface area contributed by atoms with E-state index in [2.05, 4.69) is 4.72 Å². The van der Waals surface area contributed by atoms with Crippen LogP contribution in [0.25, 0.3) is 0 Å². The van der Waals surface area contributed by atoms with Crippen molar-refractivity contribution in [2.24, 2.45) is 5.41 Å². The monoisotopic (exact) mass is 390 g/mol. The highest BCUT2D eigenvalue weighted by molar-refractivity contribution is 7.90. The summed E-state index contributed by atoms with van der Waals surface area (Å²) in [5.74, 6) is 0. The summed E-state index contributed by atoms with van der Waals surface area (Å²) in [5.41, 5.74) is -0.850. The fraction of sp³-hybridized carbons (Fsp3) is 0.944. The van der Waals surface area contributed by atoms with Crippen LogP contribution in [0, 0.1) is 5.41 Å². The van der Waals surface area contributed by atoms with Crippen LogP contribution < -0.4 is 4.72 Å². The van der Waals surface area contributed by atoms with E-state index in [9.17, 15) is 18.3 Å². The van der Waals surface area contributed by atoms with Gasteiger partial charge in [-0.1, -0.05) is 0 Å². The van der Waals surface area contributed by atoms with Crippen molar-refractivity contribution in [2.45, 2.75) is 89.7 Å². The van der Waals surface area contributed by atoms with Gasteiger partial charge in [-0.15, -0.1) is 0 Å². The minimum Gasteiger partial charge on any atom is -0.444 e. The molecule has 1 aliphatic heterocycles. The van der Waals surface area contributed by atoms with E-state index in [0.29, 0.717) is 38.8 Å². The highest BCUT2D eigenvalue weighted by Crippen LogP contribution is 2.47. The predicted molar refractivity (Wildman–Crippen MR) is 100 cm³/mol. The van der Waals surface area contributed by atoms with E-state index in [0.717, 1.165) is 0 Å². The molecular weight excluding hydrogens is 356 g/mol. The first-order valence-corrected chi connectivity index (χ1v) is 10.8. The number of piperidine rings is 1. The molecule has 0 unspecified atom stereocenters. The molecule has 0 aromatic carbocycles. The fourth-order valence-electron chi connectivity index (χ4n) is 3.77. The number of aliphatic hydroxyl groups excluding tert-OH is 1. The van der Waals surface area contributed by atoms with Crippen LogP contribution in [-0.4, -0.2) is 60.1 Å². The van der Waals surface area contributed by atoms with E-state index in [1.54, 1.807) is 25.7 Å². The van der Waals surface area contributed by atoms with Gasteiger partial charge in [0.2, 0.25) is 10.0 Å². The molecule has 1 amide bonds. The van der Waals surface area contributed by atoms with Crippen LogP contribution in [0.1, 0.15) is 67.2 Å². The Balaban J connectivity index is 2.08. The van der Waals surface area contributed by atoms with Crippen molar-refractivity contribution in [3.05, 3.63) is 0 Å². The normalized spacial score (nSPS) is 27.0. The topological polar surface area (TPSA) is 95.9 Å². The van der Waals surface area contributed by atoms with Crippen molar-refractivity contribution in [1.29, 1.82) is 0 Å². The second-order valence-electron chi connectivity index (χ2n) is 9.71. The molecule has 2 rings (SSSR count). The highest BCUT2D eigenvalue weighted by Gasteiger charge is 2.51. The molecule has 1 saturated carbocycles. The summed E-state index contributed by atoms with van der Waals surface area (Å²) in [7, 11) is -3.50. The molecule has 0 radical (unpaired) electrons. The quantitative estimate of drug-likeness (QED) is 0.754. The largest absolute Gasteiger partial charge is 0.444 e. The molecule has 7 nitrogen and oxygen atoms in total. The van der Waals surface area contributed by atoms with E-state index in [4.69, 9.17) is 4.74 Å². The lowest BCUT2D eigenvalue weighted by atomic mass is 9.74. The van der Waals surface area contributed by atoms with Crippen LogP contribution in [0.4, 0.5) is 4.79 Å². The smallest absolute Gasteiger partial charge is 0.410 e. The van der Waals surface area contributed by atoms with E-state index in [1.807, 2.05) is 20.8 Å². The standard InChI is InChI=1S/C18H34N2O5S/c1-16(2,3)25-15(22)20-9-7-18(8-10-20)12-13(21)11-14(18)19-26(23,24)17(4,5)6/h13-14,19,21H,7-12H2,1-6H3/t13-,14-/m1/s1. The van der Waals surface area contributed by atoms with Gasteiger partial charge in [-0.3, -0.25) is 0 Å². The molecule has 1 aliphatic carbocycles. The van der Waals surface area contributed by atoms with Crippen molar-refractivity contribution in [3.8, 4) is 0 Å². The average Bonchev–Trinajstić information content (AvgIpc) is 2.71. The Morgan fingerprint density at radius 3 is 2.15 bits per heavy atom. The van der Waals surface area contributed by atoms with Gasteiger partial charge in [0, 0.05) is 19.1 Å². The fourth-order valence-corrected chi connectivity index (χ4v) is 4.84. The highest BCUT2D eigenvalue weighted by atomic mass is 32.2. The Labute approximate surface area is 157 Å². The third-order valence-corrected chi connectivity index (χ3v) is 7.61.